The quantitative estimate of drug-likeness (QED) is 0.879. The fraction of sp³-hybridized carbons (Fsp3) is 0.533. The van der Waals surface area contributed by atoms with E-state index in [0.717, 1.165) is 54.4 Å². The first-order valence-electron chi connectivity index (χ1n) is 7.26. The van der Waals surface area contributed by atoms with Crippen LogP contribution in [0.25, 0.3) is 11.4 Å². The van der Waals surface area contributed by atoms with E-state index < -0.39 is 0 Å². The predicted molar refractivity (Wildman–Crippen MR) is 81.7 cm³/mol. The summed E-state index contributed by atoms with van der Waals surface area (Å²) >= 11 is 0. The molecule has 0 radical (unpaired) electrons. The van der Waals surface area contributed by atoms with Gasteiger partial charge in [-0.2, -0.15) is 5.10 Å². The molecule has 2 heterocycles. The van der Waals surface area contributed by atoms with Crippen LogP contribution in [0.4, 0.5) is 5.82 Å². The number of aromatic nitrogens is 4. The zero-order chi connectivity index (χ0) is 14.5. The van der Waals surface area contributed by atoms with Gasteiger partial charge in [-0.1, -0.05) is 20.3 Å². The third-order valence-corrected chi connectivity index (χ3v) is 3.10. The SMILES string of the molecule is CCCNc1cc(CCC)nc(-c2cn(C)nc2C)n1. The number of nitrogens with zero attached hydrogens (tertiary/aromatic N) is 4. The number of hydrogen-bond donors (Lipinski definition) is 1. The van der Waals surface area contributed by atoms with E-state index in [1.54, 1.807) is 4.68 Å². The third-order valence-electron chi connectivity index (χ3n) is 3.10. The largest absolute Gasteiger partial charge is 0.370 e. The normalized spacial score (nSPS) is 10.8. The lowest BCUT2D eigenvalue weighted by Gasteiger charge is -2.08. The molecule has 0 amide bonds. The first-order chi connectivity index (χ1) is 9.63. The minimum atomic E-state index is 0.764. The Labute approximate surface area is 120 Å². The molecule has 108 valence electrons. The van der Waals surface area contributed by atoms with Gasteiger partial charge in [0.05, 0.1) is 11.3 Å². The number of nitrogens with one attached hydrogen (secondary N) is 1. The molecule has 0 aliphatic heterocycles. The molecule has 0 spiro atoms. The number of hydrogen-bond acceptors (Lipinski definition) is 4. The van der Waals surface area contributed by atoms with Gasteiger partial charge in [-0.15, -0.1) is 0 Å². The minimum Gasteiger partial charge on any atom is -0.370 e. The van der Waals surface area contributed by atoms with Crippen molar-refractivity contribution < 1.29 is 0 Å². The molecule has 20 heavy (non-hydrogen) atoms. The van der Waals surface area contributed by atoms with Crippen LogP contribution in [0.1, 0.15) is 38.1 Å². The molecular weight excluding hydrogens is 250 g/mol. The second-order valence-corrected chi connectivity index (χ2v) is 5.05. The molecule has 5 heteroatoms. The summed E-state index contributed by atoms with van der Waals surface area (Å²) in [6.07, 6.45) is 5.10. The van der Waals surface area contributed by atoms with Gasteiger partial charge in [0.15, 0.2) is 5.82 Å². The van der Waals surface area contributed by atoms with Crippen LogP contribution < -0.4 is 5.32 Å². The monoisotopic (exact) mass is 273 g/mol. The molecular formula is C15H23N5. The van der Waals surface area contributed by atoms with Crippen molar-refractivity contribution in [3.8, 4) is 11.4 Å². The molecule has 0 aliphatic rings. The third kappa shape index (κ3) is 3.35. The average molecular weight is 273 g/mol. The van der Waals surface area contributed by atoms with E-state index >= 15 is 0 Å². The maximum Gasteiger partial charge on any atom is 0.165 e. The summed E-state index contributed by atoms with van der Waals surface area (Å²) in [5.74, 6) is 1.67. The highest BCUT2D eigenvalue weighted by atomic mass is 15.3. The summed E-state index contributed by atoms with van der Waals surface area (Å²) in [7, 11) is 1.92. The standard InChI is InChI=1S/C15H23N5/c1-5-7-12-9-14(16-8-6-2)18-15(17-12)13-10-20(4)19-11(13)3/h9-10H,5-8H2,1-4H3,(H,16,17,18). The lowest BCUT2D eigenvalue weighted by Crippen LogP contribution is -2.05. The fourth-order valence-electron chi connectivity index (χ4n) is 2.16. The van der Waals surface area contributed by atoms with Crippen molar-refractivity contribution in [1.29, 1.82) is 0 Å². The second-order valence-electron chi connectivity index (χ2n) is 5.05. The molecule has 0 atom stereocenters. The first-order valence-corrected chi connectivity index (χ1v) is 7.26. The number of anilines is 1. The van der Waals surface area contributed by atoms with Crippen molar-refractivity contribution in [3.05, 3.63) is 23.7 Å². The Morgan fingerprint density at radius 2 is 2.00 bits per heavy atom. The molecule has 0 saturated carbocycles. The van der Waals surface area contributed by atoms with Crippen molar-refractivity contribution in [2.75, 3.05) is 11.9 Å². The van der Waals surface area contributed by atoms with Crippen molar-refractivity contribution in [2.24, 2.45) is 7.05 Å². The molecule has 0 fully saturated rings. The van der Waals surface area contributed by atoms with Crippen LogP contribution in [0.15, 0.2) is 12.3 Å². The minimum absolute atomic E-state index is 0.764. The Balaban J connectivity index is 2.40. The van der Waals surface area contributed by atoms with Crippen LogP contribution in [0.2, 0.25) is 0 Å². The van der Waals surface area contributed by atoms with E-state index in [1.165, 1.54) is 0 Å². The molecule has 0 bridgehead atoms. The fourth-order valence-corrected chi connectivity index (χ4v) is 2.16. The van der Waals surface area contributed by atoms with Crippen LogP contribution >= 0.6 is 0 Å². The van der Waals surface area contributed by atoms with Gasteiger partial charge in [-0.25, -0.2) is 9.97 Å². The lowest BCUT2D eigenvalue weighted by atomic mass is 10.2. The van der Waals surface area contributed by atoms with Gasteiger partial charge in [0.1, 0.15) is 5.82 Å². The van der Waals surface area contributed by atoms with Crippen molar-refractivity contribution in [2.45, 2.75) is 40.0 Å². The molecule has 0 unspecified atom stereocenters. The second kappa shape index (κ2) is 6.50. The highest BCUT2D eigenvalue weighted by Gasteiger charge is 2.11. The smallest absolute Gasteiger partial charge is 0.165 e. The molecule has 0 aliphatic carbocycles. The van der Waals surface area contributed by atoms with E-state index in [1.807, 2.05) is 26.2 Å². The summed E-state index contributed by atoms with van der Waals surface area (Å²) < 4.78 is 1.81. The lowest BCUT2D eigenvalue weighted by molar-refractivity contribution is 0.756. The topological polar surface area (TPSA) is 55.6 Å². The number of aryl methyl sites for hydroxylation is 3. The van der Waals surface area contributed by atoms with Crippen molar-refractivity contribution >= 4 is 5.82 Å². The van der Waals surface area contributed by atoms with Gasteiger partial charge in [0.2, 0.25) is 0 Å². The molecule has 2 aromatic heterocycles. The first kappa shape index (κ1) is 14.5. The summed E-state index contributed by atoms with van der Waals surface area (Å²) in [6.45, 7) is 7.22. The number of rotatable bonds is 6. The van der Waals surface area contributed by atoms with Gasteiger partial charge in [-0.3, -0.25) is 4.68 Å². The van der Waals surface area contributed by atoms with Gasteiger partial charge in [0.25, 0.3) is 0 Å². The van der Waals surface area contributed by atoms with E-state index in [9.17, 15) is 0 Å². The summed E-state index contributed by atoms with van der Waals surface area (Å²) in [4.78, 5) is 9.29. The highest BCUT2D eigenvalue weighted by molar-refractivity contribution is 5.59. The van der Waals surface area contributed by atoms with E-state index in [2.05, 4.69) is 34.2 Å². The Kier molecular flexibility index (Phi) is 4.71. The van der Waals surface area contributed by atoms with Gasteiger partial charge in [0, 0.05) is 31.5 Å². The average Bonchev–Trinajstić information content (AvgIpc) is 2.75. The molecule has 5 nitrogen and oxygen atoms in total. The van der Waals surface area contributed by atoms with Gasteiger partial charge < -0.3 is 5.32 Å². The Bertz CT molecular complexity index is 574. The van der Waals surface area contributed by atoms with Crippen molar-refractivity contribution in [3.63, 3.8) is 0 Å². The van der Waals surface area contributed by atoms with E-state index in [4.69, 9.17) is 0 Å². The van der Waals surface area contributed by atoms with Crippen LogP contribution in [-0.2, 0) is 13.5 Å². The molecule has 0 aromatic carbocycles. The predicted octanol–water partition coefficient (Wildman–Crippen LogP) is 2.96. The van der Waals surface area contributed by atoms with Crippen molar-refractivity contribution in [1.82, 2.24) is 19.7 Å². The molecule has 0 saturated heterocycles. The van der Waals surface area contributed by atoms with E-state index in [0.29, 0.717) is 0 Å². The van der Waals surface area contributed by atoms with Gasteiger partial charge in [-0.05, 0) is 19.8 Å². The summed E-state index contributed by atoms with van der Waals surface area (Å²) in [5, 5.41) is 7.72. The Morgan fingerprint density at radius 1 is 1.20 bits per heavy atom. The Morgan fingerprint density at radius 3 is 2.60 bits per heavy atom. The summed E-state index contributed by atoms with van der Waals surface area (Å²) in [6, 6.07) is 2.05. The van der Waals surface area contributed by atoms with Crippen LogP contribution in [0, 0.1) is 6.92 Å². The maximum atomic E-state index is 4.67. The molecule has 2 rings (SSSR count). The maximum absolute atomic E-state index is 4.67. The van der Waals surface area contributed by atoms with Gasteiger partial charge >= 0.3 is 0 Å². The highest BCUT2D eigenvalue weighted by Crippen LogP contribution is 2.21. The van der Waals surface area contributed by atoms with Crippen LogP contribution in [0.5, 0.6) is 0 Å². The van der Waals surface area contributed by atoms with Crippen LogP contribution in [0.3, 0.4) is 0 Å². The Hall–Kier alpha value is -1.91. The zero-order valence-corrected chi connectivity index (χ0v) is 12.8. The molecule has 2 aromatic rings. The van der Waals surface area contributed by atoms with E-state index in [-0.39, 0.29) is 0 Å². The molecule has 1 N–H and O–H groups in total. The zero-order valence-electron chi connectivity index (χ0n) is 12.8. The summed E-state index contributed by atoms with van der Waals surface area (Å²) in [5.41, 5.74) is 3.05. The van der Waals surface area contributed by atoms with Crippen LogP contribution in [-0.4, -0.2) is 26.3 Å².